The molecule has 22 heavy (non-hydrogen) atoms. The molecule has 0 spiro atoms. The van der Waals surface area contributed by atoms with Gasteiger partial charge in [-0.3, -0.25) is 9.20 Å². The Labute approximate surface area is 136 Å². The zero-order chi connectivity index (χ0) is 15.4. The van der Waals surface area contributed by atoms with E-state index >= 15 is 0 Å². The highest BCUT2D eigenvalue weighted by Crippen LogP contribution is 2.28. The van der Waals surface area contributed by atoms with Crippen molar-refractivity contribution in [2.45, 2.75) is 26.2 Å². The van der Waals surface area contributed by atoms with Gasteiger partial charge in [-0.25, -0.2) is 4.98 Å². The zero-order valence-electron chi connectivity index (χ0n) is 12.5. The number of rotatable bonds is 8. The summed E-state index contributed by atoms with van der Waals surface area (Å²) in [7, 11) is 0. The van der Waals surface area contributed by atoms with Crippen LogP contribution >= 0.6 is 22.7 Å². The molecular formula is C15H19N3O2S2. The number of thiazole rings is 1. The first-order chi connectivity index (χ1) is 10.8. The van der Waals surface area contributed by atoms with Crippen molar-refractivity contribution in [3.63, 3.8) is 0 Å². The van der Waals surface area contributed by atoms with Crippen molar-refractivity contribution in [2.24, 2.45) is 0 Å². The number of carbonyl (C=O) groups is 1. The van der Waals surface area contributed by atoms with Crippen molar-refractivity contribution >= 4 is 43.9 Å². The lowest BCUT2D eigenvalue weighted by atomic mass is 10.3. The van der Waals surface area contributed by atoms with Crippen LogP contribution in [0.15, 0.2) is 17.6 Å². The van der Waals surface area contributed by atoms with Gasteiger partial charge in [-0.15, -0.1) is 22.7 Å². The van der Waals surface area contributed by atoms with Gasteiger partial charge in [0, 0.05) is 31.3 Å². The number of aromatic nitrogens is 2. The van der Waals surface area contributed by atoms with Crippen LogP contribution in [0.4, 0.5) is 0 Å². The molecular weight excluding hydrogens is 318 g/mol. The van der Waals surface area contributed by atoms with Gasteiger partial charge >= 0.3 is 0 Å². The van der Waals surface area contributed by atoms with Crippen LogP contribution in [0.3, 0.4) is 0 Å². The van der Waals surface area contributed by atoms with Gasteiger partial charge in [-0.2, -0.15) is 0 Å². The molecule has 0 saturated heterocycles. The molecule has 0 saturated carbocycles. The number of nitrogens with zero attached hydrogens (tertiary/aromatic N) is 2. The highest BCUT2D eigenvalue weighted by molar-refractivity contribution is 7.21. The van der Waals surface area contributed by atoms with Gasteiger partial charge in [0.2, 0.25) is 0 Å². The fourth-order valence-corrected chi connectivity index (χ4v) is 3.89. The minimum Gasteiger partial charge on any atom is -0.381 e. The first-order valence-corrected chi connectivity index (χ1v) is 9.20. The van der Waals surface area contributed by atoms with Gasteiger partial charge < -0.3 is 10.1 Å². The summed E-state index contributed by atoms with van der Waals surface area (Å²) in [6.07, 6.45) is 5.07. The Kier molecular flexibility index (Phi) is 5.07. The largest absolute Gasteiger partial charge is 0.381 e. The van der Waals surface area contributed by atoms with E-state index in [1.54, 1.807) is 11.3 Å². The van der Waals surface area contributed by atoms with Crippen LogP contribution in [0.25, 0.3) is 15.3 Å². The van der Waals surface area contributed by atoms with E-state index in [2.05, 4.69) is 17.2 Å². The highest BCUT2D eigenvalue weighted by Gasteiger charge is 2.14. The Balaban J connectivity index is 1.50. The van der Waals surface area contributed by atoms with Crippen molar-refractivity contribution in [1.29, 1.82) is 0 Å². The number of amides is 1. The Morgan fingerprint density at radius 1 is 1.41 bits per heavy atom. The third kappa shape index (κ3) is 3.31. The van der Waals surface area contributed by atoms with E-state index in [1.165, 1.54) is 11.3 Å². The Bertz CT molecular complexity index is 759. The maximum Gasteiger partial charge on any atom is 0.261 e. The number of fused-ring (bicyclic) bond motifs is 3. The zero-order valence-corrected chi connectivity index (χ0v) is 14.1. The number of hydrogen-bond donors (Lipinski definition) is 1. The van der Waals surface area contributed by atoms with Crippen molar-refractivity contribution in [1.82, 2.24) is 14.7 Å². The van der Waals surface area contributed by atoms with Crippen LogP contribution in [0.1, 0.15) is 35.9 Å². The maximum absolute atomic E-state index is 12.1. The average molecular weight is 337 g/mol. The number of imidazole rings is 1. The molecule has 7 heteroatoms. The topological polar surface area (TPSA) is 55.6 Å². The number of carbonyl (C=O) groups excluding carboxylic acids is 1. The van der Waals surface area contributed by atoms with Gasteiger partial charge in [-0.1, -0.05) is 13.3 Å². The Hall–Kier alpha value is -1.44. The maximum atomic E-state index is 12.1. The fourth-order valence-electron chi connectivity index (χ4n) is 2.17. The van der Waals surface area contributed by atoms with Gasteiger partial charge in [0.05, 0.1) is 10.4 Å². The Morgan fingerprint density at radius 3 is 3.14 bits per heavy atom. The van der Waals surface area contributed by atoms with Crippen LogP contribution in [-0.2, 0) is 4.74 Å². The van der Waals surface area contributed by atoms with E-state index < -0.39 is 0 Å². The third-order valence-electron chi connectivity index (χ3n) is 3.36. The molecule has 0 aliphatic heterocycles. The smallest absolute Gasteiger partial charge is 0.261 e. The van der Waals surface area contributed by atoms with Crippen molar-refractivity contribution in [3.05, 3.63) is 22.5 Å². The second-order valence-corrected chi connectivity index (χ2v) is 6.95. The highest BCUT2D eigenvalue weighted by atomic mass is 32.1. The van der Waals surface area contributed by atoms with Crippen LogP contribution in [0.5, 0.6) is 0 Å². The summed E-state index contributed by atoms with van der Waals surface area (Å²) in [6.45, 7) is 4.29. The standard InChI is InChI=1S/C15H19N3O2S2/c1-2-3-7-20-8-4-5-16-13(19)12-10-11-14(22-12)17-15-18(11)6-9-21-15/h6,9-10H,2-5,7-8H2,1H3,(H,16,19). The number of hydrogen-bond acceptors (Lipinski definition) is 5. The fraction of sp³-hybridized carbons (Fsp3) is 0.467. The average Bonchev–Trinajstić information content (AvgIpc) is 3.17. The monoisotopic (exact) mass is 337 g/mol. The molecule has 3 aromatic heterocycles. The predicted octanol–water partition coefficient (Wildman–Crippen LogP) is 3.55. The molecule has 0 bridgehead atoms. The van der Waals surface area contributed by atoms with Crippen molar-refractivity contribution < 1.29 is 9.53 Å². The molecule has 3 aromatic rings. The summed E-state index contributed by atoms with van der Waals surface area (Å²) in [6, 6.07) is 1.92. The minimum absolute atomic E-state index is 0.0273. The van der Waals surface area contributed by atoms with Crippen LogP contribution < -0.4 is 5.32 Å². The summed E-state index contributed by atoms with van der Waals surface area (Å²) in [5, 5.41) is 4.94. The van der Waals surface area contributed by atoms with E-state index in [9.17, 15) is 4.79 Å². The summed E-state index contributed by atoms with van der Waals surface area (Å²) < 4.78 is 7.50. The van der Waals surface area contributed by atoms with Gasteiger partial charge in [0.1, 0.15) is 4.83 Å². The number of nitrogens with one attached hydrogen (secondary N) is 1. The quantitative estimate of drug-likeness (QED) is 0.640. The van der Waals surface area contributed by atoms with E-state index in [0.29, 0.717) is 18.0 Å². The minimum atomic E-state index is -0.0273. The summed E-state index contributed by atoms with van der Waals surface area (Å²) in [5.41, 5.74) is 1.01. The first kappa shape index (κ1) is 15.5. The van der Waals surface area contributed by atoms with Crippen LogP contribution in [0.2, 0.25) is 0 Å². The van der Waals surface area contributed by atoms with E-state index in [4.69, 9.17) is 4.74 Å². The molecule has 0 radical (unpaired) electrons. The third-order valence-corrected chi connectivity index (χ3v) is 5.13. The van der Waals surface area contributed by atoms with Gasteiger partial charge in [0.25, 0.3) is 5.91 Å². The number of ether oxygens (including phenoxy) is 1. The van der Waals surface area contributed by atoms with Crippen LogP contribution in [0, 0.1) is 0 Å². The second-order valence-electron chi connectivity index (χ2n) is 5.04. The summed E-state index contributed by atoms with van der Waals surface area (Å²) in [4.78, 5) is 19.3. The number of unbranched alkanes of at least 4 members (excludes halogenated alkanes) is 1. The number of thiophene rings is 1. The molecule has 118 valence electrons. The summed E-state index contributed by atoms with van der Waals surface area (Å²) >= 11 is 3.04. The molecule has 3 rings (SSSR count). The first-order valence-electron chi connectivity index (χ1n) is 7.50. The van der Waals surface area contributed by atoms with Crippen LogP contribution in [-0.4, -0.2) is 35.1 Å². The van der Waals surface area contributed by atoms with Gasteiger partial charge in [0.15, 0.2) is 4.96 Å². The normalized spacial score (nSPS) is 11.5. The molecule has 0 aromatic carbocycles. The van der Waals surface area contributed by atoms with Crippen molar-refractivity contribution in [3.8, 4) is 0 Å². The molecule has 3 heterocycles. The lowest BCUT2D eigenvalue weighted by molar-refractivity contribution is 0.0944. The lowest BCUT2D eigenvalue weighted by Crippen LogP contribution is -2.24. The van der Waals surface area contributed by atoms with Crippen molar-refractivity contribution in [2.75, 3.05) is 19.8 Å². The molecule has 0 aliphatic carbocycles. The Morgan fingerprint density at radius 2 is 2.27 bits per heavy atom. The molecule has 1 amide bonds. The molecule has 0 atom stereocenters. The molecule has 0 fully saturated rings. The summed E-state index contributed by atoms with van der Waals surface area (Å²) in [5.74, 6) is -0.0273. The molecule has 5 nitrogen and oxygen atoms in total. The van der Waals surface area contributed by atoms with Gasteiger partial charge in [-0.05, 0) is 18.9 Å². The predicted molar refractivity (Wildman–Crippen MR) is 91.1 cm³/mol. The van der Waals surface area contributed by atoms with E-state index in [-0.39, 0.29) is 5.91 Å². The lowest BCUT2D eigenvalue weighted by Gasteiger charge is -2.04. The molecule has 1 N–H and O–H groups in total. The molecule has 0 aliphatic rings. The van der Waals surface area contributed by atoms with E-state index in [1.807, 2.05) is 22.0 Å². The SMILES string of the molecule is CCCCOCCCNC(=O)c1cc2c(nc3sccn32)s1. The second kappa shape index (κ2) is 7.21. The molecule has 0 unspecified atom stereocenters. The van der Waals surface area contributed by atoms with E-state index in [0.717, 1.165) is 41.2 Å².